The number of nitrogens with zero attached hydrogens (tertiary/aromatic N) is 3. The first kappa shape index (κ1) is 12.8. The van der Waals surface area contributed by atoms with Crippen molar-refractivity contribution in [3.8, 4) is 0 Å². The van der Waals surface area contributed by atoms with Gasteiger partial charge in [-0.2, -0.15) is 0 Å². The Bertz CT molecular complexity index is 407. The summed E-state index contributed by atoms with van der Waals surface area (Å²) >= 11 is 0. The summed E-state index contributed by atoms with van der Waals surface area (Å²) in [4.78, 5) is 14.0. The van der Waals surface area contributed by atoms with Gasteiger partial charge in [-0.05, 0) is 18.6 Å². The number of aromatic nitrogens is 2. The van der Waals surface area contributed by atoms with Crippen LogP contribution in [0.5, 0.6) is 0 Å². The minimum Gasteiger partial charge on any atom is -0.384 e. The van der Waals surface area contributed by atoms with Gasteiger partial charge in [0.25, 0.3) is 5.91 Å². The Labute approximate surface area is 106 Å². The highest BCUT2D eigenvalue weighted by Gasteiger charge is 2.27. The highest BCUT2D eigenvalue weighted by Crippen LogP contribution is 2.18. The first-order valence-electron chi connectivity index (χ1n) is 6.04. The van der Waals surface area contributed by atoms with Gasteiger partial charge < -0.3 is 15.0 Å². The summed E-state index contributed by atoms with van der Waals surface area (Å²) in [6.07, 6.45) is 0.988. The van der Waals surface area contributed by atoms with Crippen LogP contribution in [0, 0.1) is 5.92 Å². The third-order valence-corrected chi connectivity index (χ3v) is 3.12. The van der Waals surface area contributed by atoms with Crippen molar-refractivity contribution >= 4 is 11.7 Å². The van der Waals surface area contributed by atoms with E-state index in [-0.39, 0.29) is 5.91 Å². The number of amides is 1. The predicted molar refractivity (Wildman–Crippen MR) is 67.5 cm³/mol. The molecule has 1 N–H and O–H groups in total. The average molecular weight is 250 g/mol. The third-order valence-electron chi connectivity index (χ3n) is 3.12. The number of ether oxygens (including phenoxy) is 1. The summed E-state index contributed by atoms with van der Waals surface area (Å²) in [5.74, 6) is 1.04. The van der Waals surface area contributed by atoms with Gasteiger partial charge in [-0.25, -0.2) is 0 Å². The second-order valence-electron chi connectivity index (χ2n) is 4.42. The normalized spacial score (nSPS) is 19.0. The number of likely N-dealkylation sites (tertiary alicyclic amines) is 1. The standard InChI is InChI=1S/C12H18N4O2/c1-13-11-4-3-10(14-15-11)12(17)16-6-5-9(7-16)8-18-2/h3-4,9H,5-8H2,1-2H3,(H,13,15). The fraction of sp³-hybridized carbons (Fsp3) is 0.583. The Morgan fingerprint density at radius 2 is 2.39 bits per heavy atom. The molecule has 0 aromatic carbocycles. The van der Waals surface area contributed by atoms with Crippen LogP contribution < -0.4 is 5.32 Å². The van der Waals surface area contributed by atoms with Crippen molar-refractivity contribution in [2.75, 3.05) is 39.2 Å². The van der Waals surface area contributed by atoms with Crippen LogP contribution in [-0.2, 0) is 4.74 Å². The maximum absolute atomic E-state index is 12.2. The van der Waals surface area contributed by atoms with Crippen LogP contribution in [0.4, 0.5) is 5.82 Å². The molecule has 1 aliphatic rings. The van der Waals surface area contributed by atoms with Gasteiger partial charge in [0.05, 0.1) is 6.61 Å². The molecule has 0 spiro atoms. The van der Waals surface area contributed by atoms with Gasteiger partial charge in [0.15, 0.2) is 5.69 Å². The lowest BCUT2D eigenvalue weighted by molar-refractivity contribution is 0.0768. The number of carbonyl (C=O) groups is 1. The van der Waals surface area contributed by atoms with Crippen molar-refractivity contribution in [2.45, 2.75) is 6.42 Å². The lowest BCUT2D eigenvalue weighted by Crippen LogP contribution is -2.30. The van der Waals surface area contributed by atoms with Crippen LogP contribution in [0.25, 0.3) is 0 Å². The van der Waals surface area contributed by atoms with E-state index in [1.165, 1.54) is 0 Å². The second kappa shape index (κ2) is 5.77. The Morgan fingerprint density at radius 3 is 3.00 bits per heavy atom. The molecule has 1 aromatic rings. The van der Waals surface area contributed by atoms with Gasteiger partial charge in [0.1, 0.15) is 5.82 Å². The molecule has 1 aliphatic heterocycles. The number of nitrogens with one attached hydrogen (secondary N) is 1. The minimum absolute atomic E-state index is 0.0521. The molecule has 2 rings (SSSR count). The number of rotatable bonds is 4. The molecule has 98 valence electrons. The lowest BCUT2D eigenvalue weighted by Gasteiger charge is -2.15. The molecule has 1 saturated heterocycles. The molecule has 1 aromatic heterocycles. The maximum atomic E-state index is 12.2. The lowest BCUT2D eigenvalue weighted by atomic mass is 10.1. The summed E-state index contributed by atoms with van der Waals surface area (Å²) in [6, 6.07) is 3.45. The second-order valence-corrected chi connectivity index (χ2v) is 4.42. The first-order chi connectivity index (χ1) is 8.74. The van der Waals surface area contributed by atoms with E-state index in [4.69, 9.17) is 4.74 Å². The van der Waals surface area contributed by atoms with Crippen molar-refractivity contribution in [1.29, 1.82) is 0 Å². The molecule has 0 bridgehead atoms. The monoisotopic (exact) mass is 250 g/mol. The molecule has 1 atom stereocenters. The van der Waals surface area contributed by atoms with E-state index in [9.17, 15) is 4.79 Å². The summed E-state index contributed by atoms with van der Waals surface area (Å²) in [5.41, 5.74) is 0.395. The minimum atomic E-state index is -0.0521. The molecular formula is C12H18N4O2. The molecule has 1 fully saturated rings. The summed E-state index contributed by atoms with van der Waals surface area (Å²) in [7, 11) is 3.45. The van der Waals surface area contributed by atoms with Crippen LogP contribution in [0.1, 0.15) is 16.9 Å². The van der Waals surface area contributed by atoms with Crippen molar-refractivity contribution in [3.63, 3.8) is 0 Å². The average Bonchev–Trinajstić information content (AvgIpc) is 2.87. The summed E-state index contributed by atoms with van der Waals surface area (Å²) < 4.78 is 5.12. The molecule has 2 heterocycles. The molecule has 6 heteroatoms. The SMILES string of the molecule is CNc1ccc(C(=O)N2CCC(COC)C2)nn1. The van der Waals surface area contributed by atoms with E-state index in [1.54, 1.807) is 26.3 Å². The Morgan fingerprint density at radius 1 is 1.56 bits per heavy atom. The number of hydrogen-bond acceptors (Lipinski definition) is 5. The highest BCUT2D eigenvalue weighted by atomic mass is 16.5. The quantitative estimate of drug-likeness (QED) is 0.848. The van der Waals surface area contributed by atoms with Crippen molar-refractivity contribution in [3.05, 3.63) is 17.8 Å². The van der Waals surface area contributed by atoms with Crippen LogP contribution in [0.15, 0.2) is 12.1 Å². The van der Waals surface area contributed by atoms with Crippen LogP contribution in [0.2, 0.25) is 0 Å². The largest absolute Gasteiger partial charge is 0.384 e. The van der Waals surface area contributed by atoms with E-state index in [2.05, 4.69) is 15.5 Å². The molecule has 0 radical (unpaired) electrons. The molecule has 1 amide bonds. The molecule has 18 heavy (non-hydrogen) atoms. The zero-order chi connectivity index (χ0) is 13.0. The van der Waals surface area contributed by atoms with Crippen molar-refractivity contribution in [2.24, 2.45) is 5.92 Å². The van der Waals surface area contributed by atoms with E-state index < -0.39 is 0 Å². The summed E-state index contributed by atoms with van der Waals surface area (Å²) in [6.45, 7) is 2.21. The Balaban J connectivity index is 1.98. The van der Waals surface area contributed by atoms with Crippen LogP contribution in [0.3, 0.4) is 0 Å². The van der Waals surface area contributed by atoms with E-state index in [0.29, 0.717) is 24.0 Å². The fourth-order valence-electron chi connectivity index (χ4n) is 2.13. The number of carbonyl (C=O) groups excluding carboxylic acids is 1. The molecule has 1 unspecified atom stereocenters. The van der Waals surface area contributed by atoms with Crippen molar-refractivity contribution < 1.29 is 9.53 Å². The molecule has 0 aliphatic carbocycles. The number of anilines is 1. The fourth-order valence-corrected chi connectivity index (χ4v) is 2.13. The van der Waals surface area contributed by atoms with Crippen LogP contribution >= 0.6 is 0 Å². The van der Waals surface area contributed by atoms with Gasteiger partial charge in [-0.1, -0.05) is 0 Å². The first-order valence-corrected chi connectivity index (χ1v) is 6.04. The van der Waals surface area contributed by atoms with E-state index >= 15 is 0 Å². The summed E-state index contributed by atoms with van der Waals surface area (Å²) in [5, 5.41) is 10.7. The van der Waals surface area contributed by atoms with E-state index in [1.807, 2.05) is 4.90 Å². The zero-order valence-electron chi connectivity index (χ0n) is 10.7. The van der Waals surface area contributed by atoms with E-state index in [0.717, 1.165) is 19.5 Å². The van der Waals surface area contributed by atoms with Crippen molar-refractivity contribution in [1.82, 2.24) is 15.1 Å². The molecule has 6 nitrogen and oxygen atoms in total. The Kier molecular flexibility index (Phi) is 4.09. The zero-order valence-corrected chi connectivity index (χ0v) is 10.7. The predicted octanol–water partition coefficient (Wildman–Crippen LogP) is 0.627. The van der Waals surface area contributed by atoms with Crippen LogP contribution in [-0.4, -0.2) is 54.9 Å². The molecule has 0 saturated carbocycles. The van der Waals surface area contributed by atoms with Gasteiger partial charge in [0.2, 0.25) is 0 Å². The third kappa shape index (κ3) is 2.76. The highest BCUT2D eigenvalue weighted by molar-refractivity contribution is 5.92. The number of methoxy groups -OCH3 is 1. The number of hydrogen-bond donors (Lipinski definition) is 1. The van der Waals surface area contributed by atoms with Gasteiger partial charge in [-0.3, -0.25) is 4.79 Å². The smallest absolute Gasteiger partial charge is 0.274 e. The van der Waals surface area contributed by atoms with Gasteiger partial charge >= 0.3 is 0 Å². The topological polar surface area (TPSA) is 67.4 Å². The Hall–Kier alpha value is -1.69. The van der Waals surface area contributed by atoms with Gasteiger partial charge in [-0.15, -0.1) is 10.2 Å². The molecular weight excluding hydrogens is 232 g/mol. The maximum Gasteiger partial charge on any atom is 0.274 e. The van der Waals surface area contributed by atoms with Gasteiger partial charge in [0, 0.05) is 33.2 Å².